The fourth-order valence-electron chi connectivity index (χ4n) is 2.65. The minimum absolute atomic E-state index is 0.161. The van der Waals surface area contributed by atoms with Gasteiger partial charge in [0.15, 0.2) is 5.82 Å². The Bertz CT molecular complexity index is 1080. The number of hydrogen-bond donors (Lipinski definition) is 3. The molecule has 0 spiro atoms. The monoisotopic (exact) mass is 427 g/mol. The molecule has 3 rings (SSSR count). The second-order valence-corrected chi connectivity index (χ2v) is 6.76. The number of nitrogens with one attached hydrogen (secondary N) is 3. The first-order chi connectivity index (χ1) is 14.8. The number of rotatable bonds is 8. The number of benzene rings is 2. The number of carbonyl (C=O) groups is 2. The van der Waals surface area contributed by atoms with E-state index in [4.69, 9.17) is 0 Å². The molecule has 0 aliphatic heterocycles. The van der Waals surface area contributed by atoms with Gasteiger partial charge in [0.05, 0.1) is 11.4 Å². The van der Waals surface area contributed by atoms with Gasteiger partial charge in [-0.3, -0.25) is 10.2 Å². The van der Waals surface area contributed by atoms with Gasteiger partial charge in [0.25, 0.3) is 5.92 Å². The highest BCUT2D eigenvalue weighted by Gasteiger charge is 2.25. The number of aromatic nitrogens is 4. The van der Waals surface area contributed by atoms with Gasteiger partial charge in [-0.15, -0.1) is 5.10 Å². The standard InChI is InChI=1S/C20H19F2N7O2/c1-12(24-25-15-8-6-13(7-9-15)18-26-28-29-27-18)17(11-30)19(31)23-16-5-3-4-14(10-16)20(2,21)22/h3-11,17,25H,1-2H3,(H,23,31)(H,26,27,28,29)/b24-12-. The summed E-state index contributed by atoms with van der Waals surface area (Å²) in [6.45, 7) is 2.27. The quantitative estimate of drug-likeness (QED) is 0.219. The number of anilines is 2. The van der Waals surface area contributed by atoms with Crippen molar-refractivity contribution in [1.29, 1.82) is 0 Å². The molecule has 0 saturated carbocycles. The molecule has 11 heteroatoms. The largest absolute Gasteiger partial charge is 0.325 e. The van der Waals surface area contributed by atoms with Crippen LogP contribution in [0.25, 0.3) is 11.4 Å². The number of carbonyl (C=O) groups excluding carboxylic acids is 2. The van der Waals surface area contributed by atoms with E-state index in [-0.39, 0.29) is 17.0 Å². The summed E-state index contributed by atoms with van der Waals surface area (Å²) in [4.78, 5) is 24.0. The molecule has 1 atom stereocenters. The molecule has 1 heterocycles. The Hall–Kier alpha value is -4.02. The maximum atomic E-state index is 13.5. The summed E-state index contributed by atoms with van der Waals surface area (Å²) in [5.41, 5.74) is 4.26. The summed E-state index contributed by atoms with van der Waals surface area (Å²) in [5.74, 6) is -4.42. The van der Waals surface area contributed by atoms with Gasteiger partial charge in [-0.05, 0) is 53.7 Å². The topological polar surface area (TPSA) is 125 Å². The molecule has 0 radical (unpaired) electrons. The zero-order valence-electron chi connectivity index (χ0n) is 16.6. The Kier molecular flexibility index (Phi) is 6.43. The lowest BCUT2D eigenvalue weighted by atomic mass is 10.0. The fraction of sp³-hybridized carbons (Fsp3) is 0.200. The molecule has 0 aliphatic carbocycles. The third-order valence-corrected chi connectivity index (χ3v) is 4.37. The average Bonchev–Trinajstić information content (AvgIpc) is 3.27. The van der Waals surface area contributed by atoms with Crippen molar-refractivity contribution in [1.82, 2.24) is 20.6 Å². The van der Waals surface area contributed by atoms with Gasteiger partial charge in [-0.25, -0.2) is 13.9 Å². The van der Waals surface area contributed by atoms with Crippen molar-refractivity contribution < 1.29 is 18.4 Å². The number of nitrogens with zero attached hydrogens (tertiary/aromatic N) is 4. The molecule has 0 fully saturated rings. The van der Waals surface area contributed by atoms with E-state index in [1.165, 1.54) is 25.1 Å². The van der Waals surface area contributed by atoms with Crippen LogP contribution in [-0.4, -0.2) is 38.5 Å². The zero-order valence-corrected chi connectivity index (χ0v) is 16.6. The third kappa shape index (κ3) is 5.53. The predicted octanol–water partition coefficient (Wildman–Crippen LogP) is 3.22. The van der Waals surface area contributed by atoms with Gasteiger partial charge in [-0.1, -0.05) is 12.1 Å². The highest BCUT2D eigenvalue weighted by Crippen LogP contribution is 2.28. The molecule has 160 valence electrons. The van der Waals surface area contributed by atoms with Crippen LogP contribution in [0, 0.1) is 5.92 Å². The van der Waals surface area contributed by atoms with Crippen molar-refractivity contribution >= 4 is 29.3 Å². The molecular weight excluding hydrogens is 408 g/mol. The smallest absolute Gasteiger partial charge is 0.270 e. The number of hydrazone groups is 1. The number of alkyl halides is 2. The minimum atomic E-state index is -3.05. The molecule has 3 aromatic rings. The van der Waals surface area contributed by atoms with Crippen LogP contribution in [0.4, 0.5) is 20.2 Å². The van der Waals surface area contributed by atoms with Crippen molar-refractivity contribution in [3.05, 3.63) is 54.1 Å². The number of aldehydes is 1. The SMILES string of the molecule is C/C(=N/Nc1ccc(-c2nnn[nH]2)cc1)C(C=O)C(=O)Nc1cccc(C(C)(F)F)c1. The molecule has 1 amide bonds. The number of hydrogen-bond acceptors (Lipinski definition) is 7. The summed E-state index contributed by atoms with van der Waals surface area (Å²) < 4.78 is 27.0. The first-order valence-electron chi connectivity index (χ1n) is 9.17. The third-order valence-electron chi connectivity index (χ3n) is 4.37. The van der Waals surface area contributed by atoms with E-state index in [2.05, 4.69) is 36.5 Å². The van der Waals surface area contributed by atoms with Crippen LogP contribution in [0.15, 0.2) is 53.6 Å². The molecule has 9 nitrogen and oxygen atoms in total. The molecule has 0 saturated heterocycles. The Balaban J connectivity index is 1.66. The summed E-state index contributed by atoms with van der Waals surface area (Å²) in [6.07, 6.45) is 0.439. The van der Waals surface area contributed by atoms with Crippen molar-refractivity contribution in [2.24, 2.45) is 11.0 Å². The van der Waals surface area contributed by atoms with Crippen molar-refractivity contribution in [2.45, 2.75) is 19.8 Å². The summed E-state index contributed by atoms with van der Waals surface area (Å²) >= 11 is 0. The Morgan fingerprint density at radius 1 is 1.19 bits per heavy atom. The fourth-order valence-corrected chi connectivity index (χ4v) is 2.65. The van der Waals surface area contributed by atoms with Gasteiger partial charge in [-0.2, -0.15) is 5.10 Å². The second kappa shape index (κ2) is 9.20. The normalized spacial score (nSPS) is 12.8. The van der Waals surface area contributed by atoms with Gasteiger partial charge in [0.1, 0.15) is 12.2 Å². The molecule has 0 bridgehead atoms. The highest BCUT2D eigenvalue weighted by atomic mass is 19.3. The lowest BCUT2D eigenvalue weighted by Gasteiger charge is -2.14. The number of halogens is 2. The first-order valence-corrected chi connectivity index (χ1v) is 9.17. The van der Waals surface area contributed by atoms with E-state index in [0.29, 0.717) is 17.8 Å². The van der Waals surface area contributed by atoms with E-state index in [9.17, 15) is 18.4 Å². The van der Waals surface area contributed by atoms with Crippen LogP contribution >= 0.6 is 0 Å². The van der Waals surface area contributed by atoms with Gasteiger partial charge >= 0.3 is 0 Å². The van der Waals surface area contributed by atoms with Crippen LogP contribution in [0.1, 0.15) is 19.4 Å². The highest BCUT2D eigenvalue weighted by molar-refractivity contribution is 6.17. The van der Waals surface area contributed by atoms with E-state index >= 15 is 0 Å². The van der Waals surface area contributed by atoms with Gasteiger partial charge in [0.2, 0.25) is 5.91 Å². The van der Waals surface area contributed by atoms with Crippen molar-refractivity contribution in [3.8, 4) is 11.4 Å². The molecule has 3 N–H and O–H groups in total. The Morgan fingerprint density at radius 3 is 2.55 bits per heavy atom. The zero-order chi connectivity index (χ0) is 22.4. The molecule has 0 aliphatic rings. The summed E-state index contributed by atoms with van der Waals surface area (Å²) in [5, 5.41) is 20.0. The number of amides is 1. The number of aromatic amines is 1. The van der Waals surface area contributed by atoms with Crippen LogP contribution in [-0.2, 0) is 15.5 Å². The summed E-state index contributed by atoms with van der Waals surface area (Å²) in [6, 6.07) is 12.3. The average molecular weight is 427 g/mol. The second-order valence-electron chi connectivity index (χ2n) is 6.76. The Labute approximate surface area is 175 Å². The van der Waals surface area contributed by atoms with Gasteiger partial charge < -0.3 is 10.1 Å². The van der Waals surface area contributed by atoms with Crippen LogP contribution < -0.4 is 10.7 Å². The van der Waals surface area contributed by atoms with E-state index in [1.807, 2.05) is 0 Å². The molecule has 2 aromatic carbocycles. The molecule has 1 aromatic heterocycles. The summed E-state index contributed by atoms with van der Waals surface area (Å²) in [7, 11) is 0. The van der Waals surface area contributed by atoms with Crippen LogP contribution in [0.2, 0.25) is 0 Å². The maximum absolute atomic E-state index is 13.5. The first kappa shape index (κ1) is 21.7. The van der Waals surface area contributed by atoms with Crippen LogP contribution in [0.3, 0.4) is 0 Å². The predicted molar refractivity (Wildman–Crippen MR) is 111 cm³/mol. The van der Waals surface area contributed by atoms with E-state index in [0.717, 1.165) is 18.6 Å². The number of H-pyrrole nitrogens is 1. The van der Waals surface area contributed by atoms with Crippen molar-refractivity contribution in [3.63, 3.8) is 0 Å². The lowest BCUT2D eigenvalue weighted by molar-refractivity contribution is -0.122. The molecule has 1 unspecified atom stereocenters. The van der Waals surface area contributed by atoms with Crippen LogP contribution in [0.5, 0.6) is 0 Å². The molecule has 31 heavy (non-hydrogen) atoms. The van der Waals surface area contributed by atoms with E-state index < -0.39 is 17.7 Å². The lowest BCUT2D eigenvalue weighted by Crippen LogP contribution is -2.30. The molecular formula is C20H19F2N7O2. The Morgan fingerprint density at radius 2 is 1.94 bits per heavy atom. The van der Waals surface area contributed by atoms with E-state index in [1.54, 1.807) is 24.3 Å². The van der Waals surface area contributed by atoms with Crippen molar-refractivity contribution in [2.75, 3.05) is 10.7 Å². The maximum Gasteiger partial charge on any atom is 0.270 e. The van der Waals surface area contributed by atoms with Gasteiger partial charge in [0, 0.05) is 23.7 Å². The minimum Gasteiger partial charge on any atom is -0.325 e. The number of tetrazole rings is 1.